The number of nitrogens with zero attached hydrogens (tertiary/aromatic N) is 1. The number of thiazole rings is 1. The predicted molar refractivity (Wildman–Crippen MR) is 102 cm³/mol. The highest BCUT2D eigenvalue weighted by atomic mass is 32.1. The van der Waals surface area contributed by atoms with E-state index in [0.717, 1.165) is 16.9 Å². The largest absolute Gasteiger partial charge is 0.479 e. The van der Waals surface area contributed by atoms with Crippen LogP contribution in [0.4, 0.5) is 14.7 Å². The average Bonchev–Trinajstić information content (AvgIpc) is 3.05. The molecule has 0 fully saturated rings. The molecular weight excluding hydrogens is 386 g/mol. The van der Waals surface area contributed by atoms with Crippen LogP contribution in [0.3, 0.4) is 0 Å². The molecule has 28 heavy (non-hydrogen) atoms. The molecule has 1 aromatic heterocycles. The van der Waals surface area contributed by atoms with Crippen molar-refractivity contribution in [3.63, 3.8) is 0 Å². The maximum Gasteiger partial charge on any atom is 0.413 e. The van der Waals surface area contributed by atoms with Crippen LogP contribution in [0.5, 0.6) is 0 Å². The van der Waals surface area contributed by atoms with E-state index in [2.05, 4.69) is 15.6 Å². The Bertz CT molecular complexity index is 831. The number of aromatic nitrogens is 1. The molecule has 2 aromatic rings. The molecule has 0 radical (unpaired) electrons. The van der Waals surface area contributed by atoms with Gasteiger partial charge in [0, 0.05) is 5.38 Å². The van der Waals surface area contributed by atoms with E-state index in [1.54, 1.807) is 20.8 Å². The highest BCUT2D eigenvalue weighted by molar-refractivity contribution is 7.13. The summed E-state index contributed by atoms with van der Waals surface area (Å²) in [5.41, 5.74) is 0.108. The second-order valence-electron chi connectivity index (χ2n) is 6.68. The van der Waals surface area contributed by atoms with Crippen LogP contribution in [0.15, 0.2) is 35.7 Å². The van der Waals surface area contributed by atoms with E-state index in [0.29, 0.717) is 0 Å². The minimum atomic E-state index is -1.41. The number of ether oxygens (including phenoxy) is 2. The summed E-state index contributed by atoms with van der Waals surface area (Å²) in [4.78, 5) is 39.2. The third-order valence-corrected chi connectivity index (χ3v) is 3.92. The molecule has 1 aromatic carbocycles. The molecule has 1 heterocycles. The fraction of sp³-hybridized carbons (Fsp3) is 0.333. The maximum absolute atomic E-state index is 11.9. The monoisotopic (exact) mass is 407 g/mol. The minimum absolute atomic E-state index is 0.0571. The van der Waals surface area contributed by atoms with Crippen molar-refractivity contribution in [2.75, 3.05) is 5.32 Å². The van der Waals surface area contributed by atoms with Crippen LogP contribution in [0.1, 0.15) is 38.1 Å². The summed E-state index contributed by atoms with van der Waals surface area (Å²) >= 11 is 1.01. The second kappa shape index (κ2) is 9.18. The van der Waals surface area contributed by atoms with Crippen molar-refractivity contribution in [1.82, 2.24) is 10.3 Å². The van der Waals surface area contributed by atoms with Gasteiger partial charge in [-0.3, -0.25) is 5.32 Å². The number of carboxylic acids is 1. The van der Waals surface area contributed by atoms with Gasteiger partial charge in [-0.2, -0.15) is 0 Å². The van der Waals surface area contributed by atoms with Crippen molar-refractivity contribution >= 4 is 34.6 Å². The van der Waals surface area contributed by atoms with Gasteiger partial charge in [0.15, 0.2) is 11.2 Å². The normalized spacial score (nSPS) is 12.0. The van der Waals surface area contributed by atoms with E-state index in [1.165, 1.54) is 5.38 Å². The average molecular weight is 407 g/mol. The number of carboxylic acid groups (broad SMARTS) is 1. The summed E-state index contributed by atoms with van der Waals surface area (Å²) in [6, 6.07) is 7.72. The summed E-state index contributed by atoms with van der Waals surface area (Å²) < 4.78 is 10.1. The van der Waals surface area contributed by atoms with Gasteiger partial charge in [-0.1, -0.05) is 30.3 Å². The van der Waals surface area contributed by atoms with Gasteiger partial charge in [0.05, 0.1) is 5.69 Å². The number of carbonyl (C=O) groups excluding carboxylic acids is 2. The Balaban J connectivity index is 1.95. The number of anilines is 1. The highest BCUT2D eigenvalue weighted by Gasteiger charge is 2.27. The molecule has 0 bridgehead atoms. The molecule has 150 valence electrons. The van der Waals surface area contributed by atoms with Crippen molar-refractivity contribution in [3.8, 4) is 0 Å². The van der Waals surface area contributed by atoms with E-state index in [4.69, 9.17) is 9.47 Å². The molecule has 0 aliphatic rings. The molecule has 0 spiro atoms. The van der Waals surface area contributed by atoms with Gasteiger partial charge in [-0.05, 0) is 26.3 Å². The van der Waals surface area contributed by atoms with Crippen LogP contribution < -0.4 is 10.6 Å². The van der Waals surface area contributed by atoms with Crippen LogP contribution in [-0.4, -0.2) is 33.8 Å². The van der Waals surface area contributed by atoms with Gasteiger partial charge < -0.3 is 19.9 Å². The van der Waals surface area contributed by atoms with Gasteiger partial charge in [0.25, 0.3) is 0 Å². The van der Waals surface area contributed by atoms with Crippen LogP contribution in [0, 0.1) is 0 Å². The Morgan fingerprint density at radius 2 is 1.86 bits per heavy atom. The standard InChI is InChI=1S/C18H21N3O6S/c1-18(2,3)27-17(25)20-13(14(22)23)12-10-28-15(19-12)21-16(24)26-9-11-7-5-4-6-8-11/h4-8,10,13H,9H2,1-3H3,(H,20,25)(H,22,23)(H,19,21,24). The molecule has 10 heteroatoms. The first kappa shape index (κ1) is 21.2. The molecule has 1 unspecified atom stereocenters. The quantitative estimate of drug-likeness (QED) is 0.668. The summed E-state index contributed by atoms with van der Waals surface area (Å²) in [6.45, 7) is 5.07. The van der Waals surface area contributed by atoms with E-state index < -0.39 is 29.8 Å². The Kier molecular flexibility index (Phi) is 6.94. The van der Waals surface area contributed by atoms with Crippen molar-refractivity contribution in [3.05, 3.63) is 47.0 Å². The number of nitrogens with one attached hydrogen (secondary N) is 2. The van der Waals surface area contributed by atoms with Gasteiger partial charge in [-0.25, -0.2) is 19.4 Å². The van der Waals surface area contributed by atoms with Crippen LogP contribution in [0.25, 0.3) is 0 Å². The fourth-order valence-corrected chi connectivity index (χ4v) is 2.73. The zero-order valence-corrected chi connectivity index (χ0v) is 16.4. The number of hydrogen-bond donors (Lipinski definition) is 3. The van der Waals surface area contributed by atoms with Crippen molar-refractivity contribution < 1.29 is 29.0 Å². The third kappa shape index (κ3) is 6.88. The Morgan fingerprint density at radius 1 is 1.18 bits per heavy atom. The first-order valence-corrected chi connectivity index (χ1v) is 9.17. The first-order valence-electron chi connectivity index (χ1n) is 8.29. The molecule has 3 N–H and O–H groups in total. The molecule has 0 saturated carbocycles. The Hall–Kier alpha value is -3.14. The van der Waals surface area contributed by atoms with Gasteiger partial charge >= 0.3 is 18.2 Å². The molecular formula is C18H21N3O6S. The van der Waals surface area contributed by atoms with E-state index in [1.807, 2.05) is 30.3 Å². The van der Waals surface area contributed by atoms with Crippen LogP contribution >= 0.6 is 11.3 Å². The molecule has 1 atom stereocenters. The smallest absolute Gasteiger partial charge is 0.413 e. The number of amides is 2. The van der Waals surface area contributed by atoms with Gasteiger partial charge in [0.1, 0.15) is 12.2 Å². The third-order valence-electron chi connectivity index (χ3n) is 3.15. The van der Waals surface area contributed by atoms with Crippen molar-refractivity contribution in [2.45, 2.75) is 39.0 Å². The zero-order chi connectivity index (χ0) is 20.7. The lowest BCUT2D eigenvalue weighted by Crippen LogP contribution is -2.38. The zero-order valence-electron chi connectivity index (χ0n) is 15.6. The van der Waals surface area contributed by atoms with Crippen molar-refractivity contribution in [1.29, 1.82) is 0 Å². The lowest BCUT2D eigenvalue weighted by molar-refractivity contribution is -0.139. The summed E-state index contributed by atoms with van der Waals surface area (Å²) in [6.07, 6.45) is -1.61. The molecule has 9 nitrogen and oxygen atoms in total. The van der Waals surface area contributed by atoms with E-state index in [-0.39, 0.29) is 17.4 Å². The van der Waals surface area contributed by atoms with Gasteiger partial charge in [0.2, 0.25) is 0 Å². The lowest BCUT2D eigenvalue weighted by Gasteiger charge is -2.21. The lowest BCUT2D eigenvalue weighted by atomic mass is 10.2. The maximum atomic E-state index is 11.9. The number of alkyl carbamates (subject to hydrolysis) is 1. The number of hydrogen-bond acceptors (Lipinski definition) is 7. The number of benzene rings is 1. The molecule has 0 saturated heterocycles. The molecule has 0 aliphatic heterocycles. The Morgan fingerprint density at radius 3 is 2.46 bits per heavy atom. The van der Waals surface area contributed by atoms with E-state index >= 15 is 0 Å². The fourth-order valence-electron chi connectivity index (χ4n) is 2.01. The Labute approximate surface area is 165 Å². The first-order chi connectivity index (χ1) is 13.1. The molecule has 0 aliphatic carbocycles. The SMILES string of the molecule is CC(C)(C)OC(=O)NC(C(=O)O)c1csc(NC(=O)OCc2ccccc2)n1. The predicted octanol–water partition coefficient (Wildman–Crippen LogP) is 3.54. The van der Waals surface area contributed by atoms with Gasteiger partial charge in [-0.15, -0.1) is 11.3 Å². The number of carbonyl (C=O) groups is 3. The van der Waals surface area contributed by atoms with Crippen molar-refractivity contribution in [2.24, 2.45) is 0 Å². The van der Waals surface area contributed by atoms with E-state index in [9.17, 15) is 19.5 Å². The molecule has 2 rings (SSSR count). The summed E-state index contributed by atoms with van der Waals surface area (Å²) in [7, 11) is 0. The highest BCUT2D eigenvalue weighted by Crippen LogP contribution is 2.22. The number of aliphatic carboxylic acids is 1. The topological polar surface area (TPSA) is 127 Å². The second-order valence-corrected chi connectivity index (χ2v) is 7.54. The number of rotatable bonds is 6. The summed E-state index contributed by atoms with van der Waals surface area (Å²) in [5.74, 6) is -1.31. The summed E-state index contributed by atoms with van der Waals surface area (Å²) in [5, 5.41) is 15.6. The van der Waals surface area contributed by atoms with Crippen LogP contribution in [0.2, 0.25) is 0 Å². The van der Waals surface area contributed by atoms with Crippen LogP contribution in [-0.2, 0) is 20.9 Å². The minimum Gasteiger partial charge on any atom is -0.479 e. The molecule has 2 amide bonds.